The van der Waals surface area contributed by atoms with E-state index in [0.717, 1.165) is 28.3 Å². The third-order valence-corrected chi connectivity index (χ3v) is 3.34. The van der Waals surface area contributed by atoms with Crippen LogP contribution >= 0.6 is 11.6 Å². The number of nitrogens with zero attached hydrogens (tertiary/aromatic N) is 1. The minimum Gasteiger partial charge on any atom is -0.323 e. The molecule has 2 aromatic rings. The van der Waals surface area contributed by atoms with E-state index in [-0.39, 0.29) is 22.8 Å². The number of carbonyl (C=O) groups excluding carboxylic acids is 1. The van der Waals surface area contributed by atoms with Gasteiger partial charge in [-0.25, -0.2) is 0 Å². The third kappa shape index (κ3) is 4.35. The summed E-state index contributed by atoms with van der Waals surface area (Å²) in [5.41, 5.74) is -0.701. The van der Waals surface area contributed by atoms with Crippen LogP contribution in [0.5, 0.6) is 0 Å². The summed E-state index contributed by atoms with van der Waals surface area (Å²) in [7, 11) is 0. The van der Waals surface area contributed by atoms with Gasteiger partial charge in [0.2, 0.25) is 5.91 Å². The fraction of sp³-hybridized carbons (Fsp3) is 0.200. The number of alkyl halides is 3. The molecule has 0 aliphatic heterocycles. The number of carbonyl (C=O) groups is 1. The van der Waals surface area contributed by atoms with Gasteiger partial charge in [0.05, 0.1) is 16.3 Å². The van der Waals surface area contributed by atoms with Gasteiger partial charge in [-0.15, -0.1) is 0 Å². The average Bonchev–Trinajstić information content (AvgIpc) is 2.44. The topological polar surface area (TPSA) is 51.1 Å². The maximum absolute atomic E-state index is 12.7. The lowest BCUT2D eigenvalue weighted by atomic mass is 10.2. The first-order chi connectivity index (χ1) is 10.7. The molecule has 8 heteroatoms. The highest BCUT2D eigenvalue weighted by atomic mass is 35.5. The zero-order valence-corrected chi connectivity index (χ0v) is 12.7. The second-order valence-corrected chi connectivity index (χ2v) is 5.32. The summed E-state index contributed by atoms with van der Waals surface area (Å²) in [6, 6.07) is 5.53. The van der Waals surface area contributed by atoms with Crippen molar-refractivity contribution in [3.05, 3.63) is 63.0 Å². The Balaban J connectivity index is 2.20. The molecular weight excluding hydrogens is 333 g/mol. The number of amides is 1. The molecule has 0 saturated heterocycles. The molecule has 0 aliphatic rings. The molecule has 2 rings (SSSR count). The van der Waals surface area contributed by atoms with Gasteiger partial charge in [0.1, 0.15) is 6.54 Å². The summed E-state index contributed by atoms with van der Waals surface area (Å²) in [6.45, 7) is 1.42. The molecule has 1 aromatic carbocycles. The number of anilines is 1. The fourth-order valence-corrected chi connectivity index (χ4v) is 2.08. The highest BCUT2D eigenvalue weighted by molar-refractivity contribution is 6.33. The second-order valence-electron chi connectivity index (χ2n) is 4.91. The second kappa shape index (κ2) is 6.45. The number of benzene rings is 1. The van der Waals surface area contributed by atoms with Crippen molar-refractivity contribution >= 4 is 23.2 Å². The van der Waals surface area contributed by atoms with Crippen molar-refractivity contribution in [2.24, 2.45) is 0 Å². The molecular formula is C15H12ClF3N2O2. The van der Waals surface area contributed by atoms with E-state index < -0.39 is 17.6 Å². The largest absolute Gasteiger partial charge is 0.416 e. The van der Waals surface area contributed by atoms with Gasteiger partial charge in [0, 0.05) is 12.3 Å². The van der Waals surface area contributed by atoms with Gasteiger partial charge in [0.15, 0.2) is 0 Å². The predicted molar refractivity (Wildman–Crippen MR) is 80.5 cm³/mol. The van der Waals surface area contributed by atoms with Crippen molar-refractivity contribution in [2.75, 3.05) is 5.32 Å². The van der Waals surface area contributed by atoms with Gasteiger partial charge >= 0.3 is 6.18 Å². The van der Waals surface area contributed by atoms with E-state index in [1.807, 2.05) is 0 Å². The first-order valence-corrected chi connectivity index (χ1v) is 6.88. The Kier molecular flexibility index (Phi) is 4.79. The molecule has 0 fully saturated rings. The van der Waals surface area contributed by atoms with Gasteiger partial charge in [0.25, 0.3) is 5.56 Å². The van der Waals surface area contributed by atoms with E-state index in [1.165, 1.54) is 12.3 Å². The molecule has 23 heavy (non-hydrogen) atoms. The number of rotatable bonds is 3. The molecule has 0 bridgehead atoms. The zero-order chi connectivity index (χ0) is 17.2. The van der Waals surface area contributed by atoms with E-state index in [4.69, 9.17) is 11.6 Å². The molecule has 0 radical (unpaired) electrons. The van der Waals surface area contributed by atoms with E-state index in [2.05, 4.69) is 5.32 Å². The van der Waals surface area contributed by atoms with Gasteiger partial charge in [-0.05, 0) is 30.7 Å². The van der Waals surface area contributed by atoms with E-state index >= 15 is 0 Å². The van der Waals surface area contributed by atoms with Crippen LogP contribution in [-0.2, 0) is 17.5 Å². The molecule has 0 saturated carbocycles. The van der Waals surface area contributed by atoms with Crippen LogP contribution in [0.15, 0.2) is 41.3 Å². The van der Waals surface area contributed by atoms with Crippen LogP contribution in [0.1, 0.15) is 11.1 Å². The first-order valence-electron chi connectivity index (χ1n) is 6.50. The van der Waals surface area contributed by atoms with Crippen molar-refractivity contribution in [1.82, 2.24) is 4.57 Å². The molecule has 0 atom stereocenters. The number of aryl methyl sites for hydroxylation is 1. The summed E-state index contributed by atoms with van der Waals surface area (Å²) in [4.78, 5) is 23.6. The number of nitrogens with one attached hydrogen (secondary N) is 1. The Morgan fingerprint density at radius 1 is 1.26 bits per heavy atom. The smallest absolute Gasteiger partial charge is 0.323 e. The quantitative estimate of drug-likeness (QED) is 0.927. The molecule has 1 heterocycles. The van der Waals surface area contributed by atoms with Crippen molar-refractivity contribution in [3.8, 4) is 0 Å². The van der Waals surface area contributed by atoms with Crippen LogP contribution in [0, 0.1) is 6.92 Å². The Morgan fingerprint density at radius 2 is 1.96 bits per heavy atom. The number of hydrogen-bond acceptors (Lipinski definition) is 2. The third-order valence-electron chi connectivity index (χ3n) is 3.01. The van der Waals surface area contributed by atoms with E-state index in [1.54, 1.807) is 13.0 Å². The summed E-state index contributed by atoms with van der Waals surface area (Å²) < 4.78 is 39.2. The molecule has 4 nitrogen and oxygen atoms in total. The Hall–Kier alpha value is -2.28. The maximum atomic E-state index is 12.7. The molecule has 1 aromatic heterocycles. The minimum absolute atomic E-state index is 0.0251. The molecule has 0 unspecified atom stereocenters. The molecule has 0 spiro atoms. The maximum Gasteiger partial charge on any atom is 0.416 e. The fourth-order valence-electron chi connectivity index (χ4n) is 1.92. The van der Waals surface area contributed by atoms with E-state index in [9.17, 15) is 22.8 Å². The Morgan fingerprint density at radius 3 is 2.61 bits per heavy atom. The van der Waals surface area contributed by atoms with Crippen LogP contribution in [0.4, 0.5) is 18.9 Å². The summed E-state index contributed by atoms with van der Waals surface area (Å²) in [5.74, 6) is -0.654. The summed E-state index contributed by atoms with van der Waals surface area (Å²) in [5, 5.41) is 2.26. The Labute approximate surface area is 134 Å². The average molecular weight is 345 g/mol. The number of hydrogen-bond donors (Lipinski definition) is 1. The highest BCUT2D eigenvalue weighted by Crippen LogP contribution is 2.33. The van der Waals surface area contributed by atoms with Crippen LogP contribution in [0.3, 0.4) is 0 Å². The van der Waals surface area contributed by atoms with Gasteiger partial charge in [-0.2, -0.15) is 13.2 Å². The Bertz CT molecular complexity index is 800. The molecule has 1 N–H and O–H groups in total. The first kappa shape index (κ1) is 17.1. The van der Waals surface area contributed by atoms with Crippen molar-refractivity contribution < 1.29 is 18.0 Å². The van der Waals surface area contributed by atoms with Crippen molar-refractivity contribution in [2.45, 2.75) is 19.6 Å². The van der Waals surface area contributed by atoms with Crippen LogP contribution in [-0.4, -0.2) is 10.5 Å². The van der Waals surface area contributed by atoms with Crippen molar-refractivity contribution in [3.63, 3.8) is 0 Å². The lowest BCUT2D eigenvalue weighted by Gasteiger charge is -2.12. The number of halogens is 4. The van der Waals surface area contributed by atoms with Crippen LogP contribution in [0.2, 0.25) is 5.02 Å². The molecule has 1 amide bonds. The van der Waals surface area contributed by atoms with Gasteiger partial charge in [-0.3, -0.25) is 9.59 Å². The monoisotopic (exact) mass is 344 g/mol. The lowest BCUT2D eigenvalue weighted by Crippen LogP contribution is -2.27. The van der Waals surface area contributed by atoms with E-state index in [0.29, 0.717) is 0 Å². The zero-order valence-electron chi connectivity index (χ0n) is 11.9. The predicted octanol–water partition coefficient (Wildman–Crippen LogP) is 3.47. The molecule has 122 valence electrons. The standard InChI is InChI=1S/C15H12ClF3N2O2/c1-9-2-5-14(23)21(7-9)8-13(22)20-12-6-10(15(17,18)19)3-4-11(12)16/h2-7H,8H2,1H3,(H,20,22). The summed E-state index contributed by atoms with van der Waals surface area (Å²) in [6.07, 6.45) is -3.06. The van der Waals surface area contributed by atoms with Crippen molar-refractivity contribution in [1.29, 1.82) is 0 Å². The van der Waals surface area contributed by atoms with Crippen LogP contribution < -0.4 is 10.9 Å². The van der Waals surface area contributed by atoms with Gasteiger partial charge in [-0.1, -0.05) is 17.7 Å². The number of aromatic nitrogens is 1. The van der Waals surface area contributed by atoms with Crippen LogP contribution in [0.25, 0.3) is 0 Å². The molecule has 0 aliphatic carbocycles. The summed E-state index contributed by atoms with van der Waals surface area (Å²) >= 11 is 5.80. The van der Waals surface area contributed by atoms with Gasteiger partial charge < -0.3 is 9.88 Å². The normalized spacial score (nSPS) is 11.3. The minimum atomic E-state index is -4.54. The SMILES string of the molecule is Cc1ccc(=O)n(CC(=O)Nc2cc(C(F)(F)F)ccc2Cl)c1. The lowest BCUT2D eigenvalue weighted by molar-refractivity contribution is -0.137. The highest BCUT2D eigenvalue weighted by Gasteiger charge is 2.31. The number of pyridine rings is 1.